The molecule has 0 unspecified atom stereocenters. The highest BCUT2D eigenvalue weighted by Gasteiger charge is 2.49. The van der Waals surface area contributed by atoms with Gasteiger partial charge >= 0.3 is 0 Å². The molecule has 1 rings (SSSR count). The van der Waals surface area contributed by atoms with Gasteiger partial charge in [0.25, 0.3) is 0 Å². The molecule has 0 radical (unpaired) electrons. The minimum Gasteiger partial charge on any atom is -0.393 e. The Labute approximate surface area is 75.2 Å². The van der Waals surface area contributed by atoms with Crippen molar-refractivity contribution in [3.8, 4) is 0 Å². The van der Waals surface area contributed by atoms with E-state index in [0.29, 0.717) is 0 Å². The Kier molecular flexibility index (Phi) is 2.91. The fraction of sp³-hybridized carbons (Fsp3) is 1.00. The van der Waals surface area contributed by atoms with Crippen molar-refractivity contribution in [2.45, 2.75) is 36.4 Å². The topological polar surface area (TPSA) is 127 Å². The summed E-state index contributed by atoms with van der Waals surface area (Å²) in [7, 11) is 0. The van der Waals surface area contributed by atoms with Crippen molar-refractivity contribution in [3.63, 3.8) is 0 Å². The summed E-state index contributed by atoms with van der Waals surface area (Å²) < 4.78 is 0. The molecule has 0 aliphatic heterocycles. The van der Waals surface area contributed by atoms with Crippen molar-refractivity contribution >= 4 is 0 Å². The fourth-order valence-electron chi connectivity index (χ4n) is 1.56. The number of hydrogen-bond donors (Lipinski definition) is 6. The minimum atomic E-state index is -1.82. The van der Waals surface area contributed by atoms with Crippen molar-refractivity contribution in [3.05, 3.63) is 0 Å². The molecule has 5 atom stereocenters. The van der Waals surface area contributed by atoms with Gasteiger partial charge < -0.3 is 31.3 Å². The summed E-state index contributed by atoms with van der Waals surface area (Å²) in [6.07, 6.45) is -4.23. The normalized spacial score (nSPS) is 52.2. The second-order valence-corrected chi connectivity index (χ2v) is 3.55. The van der Waals surface area contributed by atoms with Crippen LogP contribution >= 0.6 is 0 Å². The molecule has 6 heteroatoms. The van der Waals surface area contributed by atoms with E-state index in [1.807, 2.05) is 0 Å². The lowest BCUT2D eigenvalue weighted by Crippen LogP contribution is -2.67. The molecule has 13 heavy (non-hydrogen) atoms. The highest BCUT2D eigenvalue weighted by molar-refractivity contribution is 5.03. The van der Waals surface area contributed by atoms with Crippen molar-refractivity contribution in [2.75, 3.05) is 6.61 Å². The molecule has 0 heterocycles. The lowest BCUT2D eigenvalue weighted by Gasteiger charge is -2.43. The molecule has 0 aromatic carbocycles. The molecule has 0 amide bonds. The zero-order valence-corrected chi connectivity index (χ0v) is 7.04. The van der Waals surface area contributed by atoms with E-state index >= 15 is 0 Å². The van der Waals surface area contributed by atoms with Crippen LogP contribution in [0.25, 0.3) is 0 Å². The van der Waals surface area contributed by atoms with Gasteiger partial charge in [-0.05, 0) is 0 Å². The van der Waals surface area contributed by atoms with E-state index in [2.05, 4.69) is 0 Å². The maximum atomic E-state index is 9.56. The zero-order valence-electron chi connectivity index (χ0n) is 7.04. The predicted octanol–water partition coefficient (Wildman–Crippen LogP) is -3.48. The summed E-state index contributed by atoms with van der Waals surface area (Å²) >= 11 is 0. The van der Waals surface area contributed by atoms with E-state index < -0.39 is 36.6 Å². The fourth-order valence-corrected chi connectivity index (χ4v) is 1.56. The second kappa shape index (κ2) is 3.49. The van der Waals surface area contributed by atoms with Crippen LogP contribution in [0.1, 0.15) is 6.42 Å². The monoisotopic (exact) mass is 193 g/mol. The van der Waals surface area contributed by atoms with E-state index in [1.165, 1.54) is 0 Å². The van der Waals surface area contributed by atoms with Gasteiger partial charge in [0.05, 0.1) is 24.9 Å². The standard InChI is InChI=1S/C7H15NO5/c8-4-5(11)3(10)1-7(13,2-9)6(4)12/h3-6,9-13H,1-2,8H2/t3-,4-,5+,6+,7+/m1/s1. The van der Waals surface area contributed by atoms with E-state index in [-0.39, 0.29) is 6.42 Å². The number of aliphatic hydroxyl groups is 5. The molecule has 0 aromatic rings. The third-order valence-corrected chi connectivity index (χ3v) is 2.54. The maximum absolute atomic E-state index is 9.56. The molecule has 0 aromatic heterocycles. The number of aliphatic hydroxyl groups excluding tert-OH is 4. The Balaban J connectivity index is 2.82. The molecular weight excluding hydrogens is 178 g/mol. The molecule has 0 spiro atoms. The Morgan fingerprint density at radius 2 is 1.85 bits per heavy atom. The van der Waals surface area contributed by atoms with Gasteiger partial charge in [-0.1, -0.05) is 0 Å². The third kappa shape index (κ3) is 1.69. The first-order chi connectivity index (χ1) is 5.92. The molecule has 7 N–H and O–H groups in total. The first kappa shape index (κ1) is 10.8. The second-order valence-electron chi connectivity index (χ2n) is 3.55. The minimum absolute atomic E-state index is 0.292. The average molecular weight is 193 g/mol. The van der Waals surface area contributed by atoms with E-state index in [4.69, 9.17) is 10.8 Å². The van der Waals surface area contributed by atoms with Crippen LogP contribution in [0.3, 0.4) is 0 Å². The van der Waals surface area contributed by atoms with Gasteiger partial charge in [0, 0.05) is 6.42 Å². The van der Waals surface area contributed by atoms with E-state index in [0.717, 1.165) is 0 Å². The SMILES string of the molecule is N[C@@H]1[C@@H](O)[C@H](O)C[C@](O)(CO)[C@H]1O. The predicted molar refractivity (Wildman–Crippen MR) is 42.6 cm³/mol. The number of nitrogens with two attached hydrogens (primary N) is 1. The highest BCUT2D eigenvalue weighted by atomic mass is 16.4. The number of hydrogen-bond acceptors (Lipinski definition) is 6. The van der Waals surface area contributed by atoms with Gasteiger partial charge in [0.2, 0.25) is 0 Å². The van der Waals surface area contributed by atoms with Crippen LogP contribution in [0.15, 0.2) is 0 Å². The summed E-state index contributed by atoms with van der Waals surface area (Å²) in [6, 6.07) is -1.15. The van der Waals surface area contributed by atoms with Gasteiger partial charge in [-0.15, -0.1) is 0 Å². The summed E-state index contributed by atoms with van der Waals surface area (Å²) in [5.74, 6) is 0. The van der Waals surface area contributed by atoms with Crippen LogP contribution in [-0.4, -0.2) is 62.1 Å². The largest absolute Gasteiger partial charge is 0.393 e. The lowest BCUT2D eigenvalue weighted by molar-refractivity contribution is -0.188. The summed E-state index contributed by atoms with van der Waals surface area (Å²) in [5.41, 5.74) is 3.51. The van der Waals surface area contributed by atoms with Crippen LogP contribution in [0, 0.1) is 0 Å². The van der Waals surface area contributed by atoms with Gasteiger partial charge in [0.1, 0.15) is 11.7 Å². The lowest BCUT2D eigenvalue weighted by atomic mass is 9.77. The molecule has 78 valence electrons. The Morgan fingerprint density at radius 1 is 1.31 bits per heavy atom. The average Bonchev–Trinajstić information content (AvgIpc) is 2.12. The molecule has 0 saturated heterocycles. The van der Waals surface area contributed by atoms with Crippen molar-refractivity contribution < 1.29 is 25.5 Å². The first-order valence-corrected chi connectivity index (χ1v) is 4.05. The first-order valence-electron chi connectivity index (χ1n) is 4.05. The van der Waals surface area contributed by atoms with Crippen molar-refractivity contribution in [1.82, 2.24) is 0 Å². The summed E-state index contributed by atoms with van der Waals surface area (Å²) in [4.78, 5) is 0. The van der Waals surface area contributed by atoms with Crippen molar-refractivity contribution in [1.29, 1.82) is 0 Å². The Hall–Kier alpha value is -0.240. The molecular formula is C7H15NO5. The van der Waals surface area contributed by atoms with Gasteiger partial charge in [-0.25, -0.2) is 0 Å². The van der Waals surface area contributed by atoms with Crippen LogP contribution in [-0.2, 0) is 0 Å². The van der Waals surface area contributed by atoms with Gasteiger partial charge in [-0.3, -0.25) is 0 Å². The molecule has 1 fully saturated rings. The quantitative estimate of drug-likeness (QED) is 0.257. The molecule has 1 saturated carbocycles. The van der Waals surface area contributed by atoms with Crippen molar-refractivity contribution in [2.24, 2.45) is 5.73 Å². The van der Waals surface area contributed by atoms with Gasteiger partial charge in [0.15, 0.2) is 0 Å². The Bertz CT molecular complexity index is 190. The van der Waals surface area contributed by atoms with Crippen LogP contribution in [0.4, 0.5) is 0 Å². The molecule has 6 nitrogen and oxygen atoms in total. The van der Waals surface area contributed by atoms with Gasteiger partial charge in [-0.2, -0.15) is 0 Å². The Morgan fingerprint density at radius 3 is 2.31 bits per heavy atom. The highest BCUT2D eigenvalue weighted by Crippen LogP contribution is 2.28. The zero-order chi connectivity index (χ0) is 10.2. The molecule has 1 aliphatic rings. The molecule has 1 aliphatic carbocycles. The van der Waals surface area contributed by atoms with E-state index in [9.17, 15) is 20.4 Å². The molecule has 0 bridgehead atoms. The van der Waals surface area contributed by atoms with Crippen LogP contribution < -0.4 is 5.73 Å². The summed E-state index contributed by atoms with van der Waals surface area (Å²) in [6.45, 7) is -0.703. The summed E-state index contributed by atoms with van der Waals surface area (Å²) in [5, 5.41) is 46.2. The van der Waals surface area contributed by atoms with Crippen LogP contribution in [0.5, 0.6) is 0 Å². The van der Waals surface area contributed by atoms with E-state index in [1.54, 1.807) is 0 Å². The van der Waals surface area contributed by atoms with Crippen LogP contribution in [0.2, 0.25) is 0 Å². The maximum Gasteiger partial charge on any atom is 0.118 e. The third-order valence-electron chi connectivity index (χ3n) is 2.54. The number of rotatable bonds is 1. The smallest absolute Gasteiger partial charge is 0.118 e.